The van der Waals surface area contributed by atoms with E-state index in [1.807, 2.05) is 18.7 Å². The van der Waals surface area contributed by atoms with E-state index in [1.165, 1.54) is 26.0 Å². The number of nitrogens with zero attached hydrogens (tertiary/aromatic N) is 2. The van der Waals surface area contributed by atoms with Crippen LogP contribution >= 0.6 is 23.2 Å². The summed E-state index contributed by atoms with van der Waals surface area (Å²) in [5.41, 5.74) is 0.00826. The third kappa shape index (κ3) is 5.61. The van der Waals surface area contributed by atoms with Gasteiger partial charge in [-0.15, -0.1) is 0 Å². The molecule has 2 fully saturated rings. The Morgan fingerprint density at radius 2 is 1.94 bits per heavy atom. The van der Waals surface area contributed by atoms with E-state index in [-0.39, 0.29) is 34.9 Å². The first-order valence-corrected chi connectivity index (χ1v) is 12.1. The van der Waals surface area contributed by atoms with Crippen molar-refractivity contribution in [1.82, 2.24) is 9.88 Å². The summed E-state index contributed by atoms with van der Waals surface area (Å²) < 4.78 is 0. The van der Waals surface area contributed by atoms with Crippen LogP contribution in [0.3, 0.4) is 0 Å². The molecule has 172 valence electrons. The van der Waals surface area contributed by atoms with E-state index < -0.39 is 5.60 Å². The average molecular weight is 469 g/mol. The number of amides is 1. The number of Topliss-reactive ketones (excluding diaryl/α,β-unsaturated/α-hetero) is 1. The van der Waals surface area contributed by atoms with Gasteiger partial charge < -0.3 is 10.0 Å². The van der Waals surface area contributed by atoms with E-state index in [1.54, 1.807) is 0 Å². The first-order chi connectivity index (χ1) is 14.5. The van der Waals surface area contributed by atoms with Gasteiger partial charge in [-0.05, 0) is 64.2 Å². The number of carbonyl (C=O) groups is 2. The van der Waals surface area contributed by atoms with Gasteiger partial charge in [0.05, 0.1) is 22.1 Å². The first-order valence-electron chi connectivity index (χ1n) is 11.3. The third-order valence-corrected chi connectivity index (χ3v) is 7.99. The monoisotopic (exact) mass is 468 g/mol. The van der Waals surface area contributed by atoms with Crippen LogP contribution in [0.2, 0.25) is 10.0 Å². The molecule has 4 atom stereocenters. The van der Waals surface area contributed by atoms with Crippen molar-refractivity contribution >= 4 is 34.9 Å². The largest absolute Gasteiger partial charge is 0.390 e. The highest BCUT2D eigenvalue weighted by Gasteiger charge is 2.42. The Morgan fingerprint density at radius 3 is 2.58 bits per heavy atom. The van der Waals surface area contributed by atoms with E-state index in [2.05, 4.69) is 11.9 Å². The number of ketones is 1. The van der Waals surface area contributed by atoms with Gasteiger partial charge in [-0.25, -0.2) is 4.98 Å². The molecular formula is C24H34Cl2N2O3. The predicted octanol–water partition coefficient (Wildman–Crippen LogP) is 5.34. The molecule has 2 heterocycles. The summed E-state index contributed by atoms with van der Waals surface area (Å²) in [5.74, 6) is 1.45. The number of pyridine rings is 1. The van der Waals surface area contributed by atoms with Crippen LogP contribution in [0.5, 0.6) is 0 Å². The molecule has 0 bridgehead atoms. The summed E-state index contributed by atoms with van der Waals surface area (Å²) >= 11 is 12.6. The van der Waals surface area contributed by atoms with Gasteiger partial charge >= 0.3 is 0 Å². The average Bonchev–Trinajstić information content (AvgIpc) is 2.69. The molecule has 0 radical (unpaired) electrons. The highest BCUT2D eigenvalue weighted by atomic mass is 35.5. The lowest BCUT2D eigenvalue weighted by molar-refractivity contribution is -0.138. The first kappa shape index (κ1) is 24.5. The zero-order chi connectivity index (χ0) is 22.9. The van der Waals surface area contributed by atoms with E-state index in [9.17, 15) is 14.7 Å². The third-order valence-electron chi connectivity index (χ3n) is 7.26. The van der Waals surface area contributed by atoms with Crippen molar-refractivity contribution in [3.8, 4) is 0 Å². The maximum absolute atomic E-state index is 13.2. The lowest BCUT2D eigenvalue weighted by Gasteiger charge is -2.50. The molecule has 7 heteroatoms. The minimum atomic E-state index is -0.628. The fraction of sp³-hybridized carbons (Fsp3) is 0.708. The van der Waals surface area contributed by atoms with Gasteiger partial charge in [0.25, 0.3) is 0 Å². The van der Waals surface area contributed by atoms with Gasteiger partial charge in [0.1, 0.15) is 5.69 Å². The minimum absolute atomic E-state index is 0.00549. The highest BCUT2D eigenvalue weighted by molar-refractivity contribution is 6.38. The van der Waals surface area contributed by atoms with Crippen molar-refractivity contribution in [3.05, 3.63) is 27.5 Å². The van der Waals surface area contributed by atoms with Crippen LogP contribution in [-0.2, 0) is 11.2 Å². The van der Waals surface area contributed by atoms with E-state index in [0.717, 1.165) is 32.2 Å². The molecule has 1 saturated carbocycles. The van der Waals surface area contributed by atoms with E-state index in [4.69, 9.17) is 23.2 Å². The van der Waals surface area contributed by atoms with Crippen molar-refractivity contribution in [2.45, 2.75) is 84.3 Å². The molecule has 1 aliphatic heterocycles. The normalized spacial score (nSPS) is 26.5. The molecule has 1 amide bonds. The Labute approximate surface area is 195 Å². The fourth-order valence-electron chi connectivity index (χ4n) is 5.58. The Balaban J connectivity index is 1.71. The van der Waals surface area contributed by atoms with Crippen LogP contribution in [0.25, 0.3) is 0 Å². The molecule has 0 spiro atoms. The van der Waals surface area contributed by atoms with Crippen molar-refractivity contribution < 1.29 is 14.7 Å². The van der Waals surface area contributed by atoms with Crippen LogP contribution in [0.1, 0.15) is 82.3 Å². The highest BCUT2D eigenvalue weighted by Crippen LogP contribution is 2.45. The number of aliphatic hydroxyl groups is 1. The lowest BCUT2D eigenvalue weighted by atomic mass is 9.64. The minimum Gasteiger partial charge on any atom is -0.390 e. The predicted molar refractivity (Wildman–Crippen MR) is 124 cm³/mol. The van der Waals surface area contributed by atoms with Crippen molar-refractivity contribution in [2.75, 3.05) is 6.54 Å². The Morgan fingerprint density at radius 1 is 1.23 bits per heavy atom. The van der Waals surface area contributed by atoms with Crippen LogP contribution in [0, 0.1) is 17.8 Å². The number of aromatic nitrogens is 1. The number of piperidine rings is 1. The molecule has 0 unspecified atom stereocenters. The van der Waals surface area contributed by atoms with Crippen LogP contribution in [0.4, 0.5) is 0 Å². The molecule has 1 aromatic heterocycles. The number of carbonyl (C=O) groups excluding carboxylic acids is 2. The number of likely N-dealkylation sites (tertiary alicyclic amines) is 1. The lowest BCUT2D eigenvalue weighted by Crippen LogP contribution is -2.53. The number of hydrogen-bond donors (Lipinski definition) is 1. The number of halogens is 2. The van der Waals surface area contributed by atoms with Gasteiger partial charge in [-0.1, -0.05) is 36.0 Å². The molecule has 0 aromatic carbocycles. The Bertz CT molecular complexity index is 837. The van der Waals surface area contributed by atoms with Crippen LogP contribution in [0.15, 0.2) is 6.20 Å². The Kier molecular flexibility index (Phi) is 7.71. The van der Waals surface area contributed by atoms with Crippen molar-refractivity contribution in [1.29, 1.82) is 0 Å². The molecular weight excluding hydrogens is 435 g/mol. The summed E-state index contributed by atoms with van der Waals surface area (Å²) in [6.07, 6.45) is 7.85. The summed E-state index contributed by atoms with van der Waals surface area (Å²) in [7, 11) is 0. The summed E-state index contributed by atoms with van der Waals surface area (Å²) in [6, 6.07) is 0.155. The smallest absolute Gasteiger partial charge is 0.227 e. The standard InChI is InChI=1S/C24H34Cl2N2O3/c1-14-17-7-5-6-16(8-10-24(3,4)31)18(17)9-11-28(14)21(30)12-19-20(25)13-27-23(15(2)29)22(19)26/h13-14,16-18,31H,5-12H2,1-4H3/t14-,16-,17+,18-/m0/s1. The Hall–Kier alpha value is -1.17. The molecule has 5 nitrogen and oxygen atoms in total. The van der Waals surface area contributed by atoms with E-state index in [0.29, 0.717) is 28.3 Å². The summed E-state index contributed by atoms with van der Waals surface area (Å²) in [6.45, 7) is 8.04. The second-order valence-corrected chi connectivity index (χ2v) is 10.8. The summed E-state index contributed by atoms with van der Waals surface area (Å²) in [4.78, 5) is 31.0. The number of hydrogen-bond acceptors (Lipinski definition) is 4. The molecule has 1 aromatic rings. The van der Waals surface area contributed by atoms with Gasteiger partial charge in [0.2, 0.25) is 5.91 Å². The summed E-state index contributed by atoms with van der Waals surface area (Å²) in [5, 5.41) is 10.6. The van der Waals surface area contributed by atoms with Gasteiger partial charge in [-0.3, -0.25) is 9.59 Å². The quantitative estimate of drug-likeness (QED) is 0.571. The number of fused-ring (bicyclic) bond motifs is 1. The van der Waals surface area contributed by atoms with Gasteiger partial charge in [0, 0.05) is 31.3 Å². The maximum atomic E-state index is 13.2. The van der Waals surface area contributed by atoms with Gasteiger partial charge in [-0.2, -0.15) is 0 Å². The zero-order valence-electron chi connectivity index (χ0n) is 19.0. The van der Waals surface area contributed by atoms with E-state index >= 15 is 0 Å². The number of rotatable bonds is 6. The van der Waals surface area contributed by atoms with Gasteiger partial charge in [0.15, 0.2) is 5.78 Å². The second kappa shape index (κ2) is 9.76. The molecule has 1 N–H and O–H groups in total. The zero-order valence-corrected chi connectivity index (χ0v) is 20.5. The van der Waals surface area contributed by atoms with Crippen molar-refractivity contribution in [2.24, 2.45) is 17.8 Å². The topological polar surface area (TPSA) is 70.5 Å². The van der Waals surface area contributed by atoms with Crippen LogP contribution in [-0.4, -0.2) is 44.9 Å². The molecule has 1 saturated heterocycles. The molecule has 31 heavy (non-hydrogen) atoms. The van der Waals surface area contributed by atoms with Crippen LogP contribution < -0.4 is 0 Å². The molecule has 2 aliphatic rings. The fourth-order valence-corrected chi connectivity index (χ4v) is 6.19. The van der Waals surface area contributed by atoms with Crippen molar-refractivity contribution in [3.63, 3.8) is 0 Å². The maximum Gasteiger partial charge on any atom is 0.227 e. The molecule has 3 rings (SSSR count). The SMILES string of the molecule is CC(=O)c1ncc(Cl)c(CC(=O)N2CC[C@H]3[C@H](CCC(C)(C)O)CCC[C@@H]3[C@@H]2C)c1Cl. The second-order valence-electron chi connectivity index (χ2n) is 9.97. The molecule has 1 aliphatic carbocycles.